The predicted octanol–water partition coefficient (Wildman–Crippen LogP) is 1.78. The summed E-state index contributed by atoms with van der Waals surface area (Å²) in [4.78, 5) is 16.0. The number of nitrogens with one attached hydrogen (secondary N) is 2. The van der Waals surface area contributed by atoms with Crippen LogP contribution >= 0.6 is 13.5 Å². The number of hydrogen-bond donors (Lipinski definition) is 2. The Labute approximate surface area is 161 Å². The molecule has 3 heterocycles. The normalized spacial score (nSPS) is 18.0. The molecule has 1 aliphatic heterocycles. The molecule has 1 atom stereocenters. The smallest absolute Gasteiger partial charge is 0.280 e. The molecule has 2 aromatic rings. The zero-order chi connectivity index (χ0) is 19.1. The first-order chi connectivity index (χ1) is 12.2. The number of alkyl halides is 2. The summed E-state index contributed by atoms with van der Waals surface area (Å²) in [6.07, 6.45) is -0.365. The van der Waals surface area contributed by atoms with E-state index in [1.807, 2.05) is 0 Å². The molecule has 0 fully saturated rings. The van der Waals surface area contributed by atoms with Crippen molar-refractivity contribution in [3.05, 3.63) is 35.9 Å². The molecule has 2 aromatic heterocycles. The Kier molecular flexibility index (Phi) is 6.12. The molecule has 8 nitrogen and oxygen atoms in total. The van der Waals surface area contributed by atoms with E-state index in [0.717, 1.165) is 12.3 Å². The quantitative estimate of drug-likeness (QED) is 0.788. The maximum absolute atomic E-state index is 12.7. The van der Waals surface area contributed by atoms with Crippen LogP contribution in [0.1, 0.15) is 29.5 Å². The topological polar surface area (TPSA) is 102 Å². The minimum atomic E-state index is -3.84. The van der Waals surface area contributed by atoms with E-state index in [-0.39, 0.29) is 42.1 Å². The van der Waals surface area contributed by atoms with Crippen LogP contribution in [0, 0.1) is 0 Å². The van der Waals surface area contributed by atoms with Crippen LogP contribution in [0.5, 0.6) is 5.75 Å². The fraction of sp³-hybridized carbons (Fsp3) is 0.333. The molecule has 0 aromatic carbocycles. The number of carbonyl (C=O) groups is 1. The van der Waals surface area contributed by atoms with Gasteiger partial charge in [0.25, 0.3) is 12.3 Å². The van der Waals surface area contributed by atoms with Crippen molar-refractivity contribution in [3.8, 4) is 5.75 Å². The van der Waals surface area contributed by atoms with Crippen LogP contribution in [0.2, 0.25) is 0 Å². The second kappa shape index (κ2) is 7.82. The summed E-state index contributed by atoms with van der Waals surface area (Å²) in [6, 6.07) is 1.93. The van der Waals surface area contributed by atoms with Gasteiger partial charge in [0.15, 0.2) is 11.4 Å². The number of rotatable bonds is 3. The van der Waals surface area contributed by atoms with Crippen LogP contribution in [0.15, 0.2) is 29.4 Å². The summed E-state index contributed by atoms with van der Waals surface area (Å²) in [6.45, 7) is 1.67. The molecular weight excluding hydrogens is 402 g/mol. The minimum absolute atomic E-state index is 0. The number of carbonyl (C=O) groups excluding carboxylic acids is 1. The van der Waals surface area contributed by atoms with E-state index in [1.165, 1.54) is 23.9 Å². The van der Waals surface area contributed by atoms with Gasteiger partial charge < -0.3 is 14.6 Å². The number of amides is 1. The summed E-state index contributed by atoms with van der Waals surface area (Å²) in [5.74, 6) is -0.769. The number of sulfonamides is 1. The van der Waals surface area contributed by atoms with Crippen molar-refractivity contribution in [2.75, 3.05) is 11.9 Å². The van der Waals surface area contributed by atoms with Gasteiger partial charge in [0, 0.05) is 25.1 Å². The van der Waals surface area contributed by atoms with Crippen molar-refractivity contribution in [3.63, 3.8) is 0 Å². The number of ether oxygens (including phenoxy) is 1. The van der Waals surface area contributed by atoms with E-state index in [0.29, 0.717) is 0 Å². The first kappa shape index (κ1) is 21.1. The van der Waals surface area contributed by atoms with Crippen LogP contribution in [0.3, 0.4) is 0 Å². The molecule has 0 bridgehead atoms. The van der Waals surface area contributed by atoms with E-state index in [2.05, 4.69) is 15.0 Å². The summed E-state index contributed by atoms with van der Waals surface area (Å²) in [5, 5.41) is 2.46. The number of nitrogens with zero attached hydrogens (tertiary/aromatic N) is 2. The van der Waals surface area contributed by atoms with Gasteiger partial charge in [0.2, 0.25) is 10.0 Å². The number of aryl methyl sites for hydroxylation is 1. The highest BCUT2D eigenvalue weighted by molar-refractivity contribution is 7.89. The lowest BCUT2D eigenvalue weighted by Gasteiger charge is -2.11. The summed E-state index contributed by atoms with van der Waals surface area (Å²) < 4.78 is 59.4. The van der Waals surface area contributed by atoms with E-state index < -0.39 is 34.1 Å². The van der Waals surface area contributed by atoms with Crippen LogP contribution in [0.25, 0.3) is 0 Å². The van der Waals surface area contributed by atoms with Crippen LogP contribution in [0.4, 0.5) is 14.5 Å². The molecule has 0 spiro atoms. The highest BCUT2D eigenvalue weighted by Crippen LogP contribution is 2.32. The van der Waals surface area contributed by atoms with Gasteiger partial charge in [-0.25, -0.2) is 21.9 Å². The molecule has 12 heteroatoms. The van der Waals surface area contributed by atoms with E-state index in [9.17, 15) is 22.0 Å². The first-order valence-electron chi connectivity index (χ1n) is 7.59. The molecule has 1 aliphatic rings. The van der Waals surface area contributed by atoms with E-state index in [4.69, 9.17) is 4.74 Å². The largest absolute Gasteiger partial charge is 0.488 e. The molecule has 0 saturated heterocycles. The van der Waals surface area contributed by atoms with Crippen LogP contribution < -0.4 is 14.8 Å². The van der Waals surface area contributed by atoms with E-state index >= 15 is 0 Å². The average Bonchev–Trinajstić information content (AvgIpc) is 2.85. The Bertz CT molecular complexity index is 963. The predicted molar refractivity (Wildman–Crippen MR) is 98.2 cm³/mol. The number of aromatic nitrogens is 2. The Hall–Kier alpha value is -2.18. The molecule has 0 saturated carbocycles. The Balaban J connectivity index is 0.00000261. The molecule has 1 amide bonds. The molecule has 0 aliphatic carbocycles. The second-order valence-electron chi connectivity index (χ2n) is 5.84. The van der Waals surface area contributed by atoms with E-state index in [1.54, 1.807) is 6.92 Å². The summed E-state index contributed by atoms with van der Waals surface area (Å²) in [5.41, 5.74) is -0.404. The van der Waals surface area contributed by atoms with Crippen LogP contribution in [-0.2, 0) is 17.1 Å². The number of hydrogen-bond acceptors (Lipinski definition) is 5. The monoisotopic (exact) mass is 420 g/mol. The number of fused-ring (bicyclic) bond motifs is 1. The van der Waals surface area contributed by atoms with Crippen molar-refractivity contribution in [2.45, 2.75) is 24.3 Å². The molecule has 0 radical (unpaired) electrons. The fourth-order valence-corrected chi connectivity index (χ4v) is 4.00. The van der Waals surface area contributed by atoms with Gasteiger partial charge in [-0.2, -0.15) is 13.5 Å². The first-order valence-corrected chi connectivity index (χ1v) is 9.07. The van der Waals surface area contributed by atoms with Gasteiger partial charge >= 0.3 is 0 Å². The van der Waals surface area contributed by atoms with Gasteiger partial charge in [-0.1, -0.05) is 0 Å². The average molecular weight is 420 g/mol. The standard InChI is InChI=1S/C15H16F2N4O4S.H2S/c1-8-7-25-13-11(26(23,24)20-8)6-21(2)12(13)15(22)19-9-3-4-18-10(5-9)14(16)17;/h3-6,8,14,20H,7H2,1-2H3,(H,18,19,22);1H2/t8-;/m0./s1. The Morgan fingerprint density at radius 3 is 2.85 bits per heavy atom. The third-order valence-corrected chi connectivity index (χ3v) is 5.29. The van der Waals surface area contributed by atoms with Crippen molar-refractivity contribution in [1.82, 2.24) is 14.3 Å². The van der Waals surface area contributed by atoms with Crippen molar-refractivity contribution in [2.24, 2.45) is 7.05 Å². The van der Waals surface area contributed by atoms with Gasteiger partial charge in [-0.05, 0) is 19.1 Å². The van der Waals surface area contributed by atoms with Gasteiger partial charge in [0.1, 0.15) is 17.2 Å². The zero-order valence-electron chi connectivity index (χ0n) is 14.4. The Morgan fingerprint density at radius 1 is 1.48 bits per heavy atom. The molecule has 2 N–H and O–H groups in total. The molecule has 27 heavy (non-hydrogen) atoms. The zero-order valence-corrected chi connectivity index (χ0v) is 16.2. The lowest BCUT2D eigenvalue weighted by atomic mass is 10.3. The molecular formula is C15H18F2N4O4S2. The maximum Gasteiger partial charge on any atom is 0.280 e. The minimum Gasteiger partial charge on any atom is -0.488 e. The van der Waals surface area contributed by atoms with Crippen molar-refractivity contribution >= 4 is 35.1 Å². The lowest BCUT2D eigenvalue weighted by Crippen LogP contribution is -2.34. The van der Waals surface area contributed by atoms with Gasteiger partial charge in [-0.3, -0.25) is 9.78 Å². The lowest BCUT2D eigenvalue weighted by molar-refractivity contribution is 0.101. The third-order valence-electron chi connectivity index (χ3n) is 3.70. The number of halogens is 2. The van der Waals surface area contributed by atoms with Crippen LogP contribution in [-0.4, -0.2) is 36.5 Å². The van der Waals surface area contributed by atoms with Gasteiger partial charge in [-0.15, -0.1) is 0 Å². The maximum atomic E-state index is 12.7. The molecule has 148 valence electrons. The molecule has 3 rings (SSSR count). The van der Waals surface area contributed by atoms with Crippen molar-refractivity contribution < 1.29 is 26.7 Å². The van der Waals surface area contributed by atoms with Crippen molar-refractivity contribution in [1.29, 1.82) is 0 Å². The second-order valence-corrected chi connectivity index (χ2v) is 7.52. The number of pyridine rings is 1. The Morgan fingerprint density at radius 2 is 2.19 bits per heavy atom. The highest BCUT2D eigenvalue weighted by Gasteiger charge is 2.33. The van der Waals surface area contributed by atoms with Gasteiger partial charge in [0.05, 0.1) is 6.04 Å². The molecule has 0 unspecified atom stereocenters. The third kappa shape index (κ3) is 4.22. The summed E-state index contributed by atoms with van der Waals surface area (Å²) in [7, 11) is -2.35. The highest BCUT2D eigenvalue weighted by atomic mass is 32.2. The fourth-order valence-electron chi connectivity index (χ4n) is 2.58. The SMILES string of the molecule is C[C@H]1COc2c(cn(C)c2C(=O)Nc2ccnc(C(F)F)c2)S(=O)(=O)N1.S. The number of anilines is 1. The summed E-state index contributed by atoms with van der Waals surface area (Å²) >= 11 is 0.